The minimum absolute atomic E-state index is 0.317. The number of ether oxygens (including phenoxy) is 2. The number of hydrogen-bond acceptors (Lipinski definition) is 6. The molecule has 0 N–H and O–H groups in total. The summed E-state index contributed by atoms with van der Waals surface area (Å²) in [5, 5.41) is 6.32. The quantitative estimate of drug-likeness (QED) is 0.626. The number of benzene rings is 1. The zero-order chi connectivity index (χ0) is 17.9. The summed E-state index contributed by atoms with van der Waals surface area (Å²) >= 11 is 1.66. The van der Waals surface area contributed by atoms with Crippen molar-refractivity contribution < 1.29 is 14.0 Å². The van der Waals surface area contributed by atoms with E-state index in [0.717, 1.165) is 53.8 Å². The van der Waals surface area contributed by atoms with Crippen LogP contribution in [0.2, 0.25) is 0 Å². The third-order valence-corrected chi connectivity index (χ3v) is 5.74. The molecule has 5 nitrogen and oxygen atoms in total. The average Bonchev–Trinajstić information content (AvgIpc) is 3.43. The van der Waals surface area contributed by atoms with Crippen molar-refractivity contribution in [2.75, 3.05) is 20.8 Å². The van der Waals surface area contributed by atoms with Gasteiger partial charge in [0.15, 0.2) is 5.76 Å². The van der Waals surface area contributed by atoms with Crippen LogP contribution in [0.25, 0.3) is 10.6 Å². The molecule has 0 aliphatic carbocycles. The lowest BCUT2D eigenvalue weighted by atomic mass is 10.0. The van der Waals surface area contributed by atoms with E-state index in [0.29, 0.717) is 6.04 Å². The molecule has 1 atom stereocenters. The SMILES string of the molecule is COc1ccc(C2CCCN2Cc2cc(-c3cccs3)on2)c(OC)c1. The van der Waals surface area contributed by atoms with Gasteiger partial charge in [0.2, 0.25) is 0 Å². The Labute approximate surface area is 157 Å². The largest absolute Gasteiger partial charge is 0.497 e. The summed E-state index contributed by atoms with van der Waals surface area (Å²) in [7, 11) is 3.38. The average molecular weight is 370 g/mol. The minimum atomic E-state index is 0.317. The fourth-order valence-electron chi connectivity index (χ4n) is 3.59. The molecule has 2 aromatic heterocycles. The first-order valence-electron chi connectivity index (χ1n) is 8.74. The highest BCUT2D eigenvalue weighted by Gasteiger charge is 2.29. The first kappa shape index (κ1) is 17.1. The number of rotatable bonds is 6. The highest BCUT2D eigenvalue weighted by atomic mass is 32.1. The van der Waals surface area contributed by atoms with E-state index >= 15 is 0 Å². The van der Waals surface area contributed by atoms with Crippen LogP contribution >= 0.6 is 11.3 Å². The van der Waals surface area contributed by atoms with Gasteiger partial charge in [-0.25, -0.2) is 0 Å². The topological polar surface area (TPSA) is 47.7 Å². The number of methoxy groups -OCH3 is 2. The molecule has 0 saturated carbocycles. The maximum Gasteiger partial charge on any atom is 0.177 e. The van der Waals surface area contributed by atoms with Gasteiger partial charge in [0, 0.05) is 30.3 Å². The van der Waals surface area contributed by atoms with Gasteiger partial charge >= 0.3 is 0 Å². The van der Waals surface area contributed by atoms with Gasteiger partial charge in [-0.3, -0.25) is 4.90 Å². The lowest BCUT2D eigenvalue weighted by Gasteiger charge is -2.25. The second-order valence-electron chi connectivity index (χ2n) is 6.40. The van der Waals surface area contributed by atoms with Gasteiger partial charge in [-0.1, -0.05) is 17.3 Å². The highest BCUT2D eigenvalue weighted by Crippen LogP contribution is 2.39. The zero-order valence-corrected chi connectivity index (χ0v) is 15.8. The van der Waals surface area contributed by atoms with E-state index in [9.17, 15) is 0 Å². The second-order valence-corrected chi connectivity index (χ2v) is 7.34. The number of likely N-dealkylation sites (tertiary alicyclic amines) is 1. The number of hydrogen-bond donors (Lipinski definition) is 0. The first-order valence-corrected chi connectivity index (χ1v) is 9.62. The molecule has 3 aromatic rings. The second kappa shape index (κ2) is 7.51. The van der Waals surface area contributed by atoms with Gasteiger partial charge in [0.25, 0.3) is 0 Å². The van der Waals surface area contributed by atoms with Crippen LogP contribution in [-0.2, 0) is 6.54 Å². The summed E-state index contributed by atoms with van der Waals surface area (Å²) in [6.07, 6.45) is 2.27. The maximum atomic E-state index is 5.61. The smallest absolute Gasteiger partial charge is 0.177 e. The van der Waals surface area contributed by atoms with E-state index in [-0.39, 0.29) is 0 Å². The van der Waals surface area contributed by atoms with Gasteiger partial charge in [0.05, 0.1) is 24.8 Å². The molecule has 26 heavy (non-hydrogen) atoms. The molecule has 1 saturated heterocycles. The van der Waals surface area contributed by atoms with E-state index in [1.807, 2.05) is 29.6 Å². The lowest BCUT2D eigenvalue weighted by molar-refractivity contribution is 0.235. The van der Waals surface area contributed by atoms with E-state index in [1.54, 1.807) is 25.6 Å². The first-order chi connectivity index (χ1) is 12.8. The van der Waals surface area contributed by atoms with Gasteiger partial charge < -0.3 is 14.0 Å². The van der Waals surface area contributed by atoms with Crippen LogP contribution in [0, 0.1) is 0 Å². The van der Waals surface area contributed by atoms with Crippen LogP contribution in [0.4, 0.5) is 0 Å². The fraction of sp³-hybridized carbons (Fsp3) is 0.350. The van der Waals surface area contributed by atoms with E-state index < -0.39 is 0 Å². The van der Waals surface area contributed by atoms with Crippen molar-refractivity contribution in [3.05, 3.63) is 53.0 Å². The molecule has 0 spiro atoms. The molecule has 0 bridgehead atoms. The van der Waals surface area contributed by atoms with Crippen molar-refractivity contribution in [3.8, 4) is 22.1 Å². The van der Waals surface area contributed by atoms with Crippen LogP contribution in [-0.4, -0.2) is 30.8 Å². The van der Waals surface area contributed by atoms with Crippen molar-refractivity contribution in [3.63, 3.8) is 0 Å². The molecule has 1 fully saturated rings. The summed E-state index contributed by atoms with van der Waals surface area (Å²) in [6.45, 7) is 1.82. The summed E-state index contributed by atoms with van der Waals surface area (Å²) in [5.41, 5.74) is 2.17. The van der Waals surface area contributed by atoms with Crippen molar-refractivity contribution in [1.82, 2.24) is 10.1 Å². The Bertz CT molecular complexity index is 860. The molecule has 4 rings (SSSR count). The fourth-order valence-corrected chi connectivity index (χ4v) is 4.26. The van der Waals surface area contributed by atoms with Gasteiger partial charge in [0.1, 0.15) is 11.5 Å². The van der Waals surface area contributed by atoms with Crippen LogP contribution in [0.15, 0.2) is 46.3 Å². The Hall–Kier alpha value is -2.31. The summed E-state index contributed by atoms with van der Waals surface area (Å²) in [5.74, 6) is 2.53. The lowest BCUT2D eigenvalue weighted by Crippen LogP contribution is -2.23. The Morgan fingerprint density at radius 3 is 2.92 bits per heavy atom. The van der Waals surface area contributed by atoms with Gasteiger partial charge in [-0.15, -0.1) is 11.3 Å². The number of thiophene rings is 1. The predicted molar refractivity (Wildman–Crippen MR) is 102 cm³/mol. The van der Waals surface area contributed by atoms with Crippen molar-refractivity contribution in [1.29, 1.82) is 0 Å². The monoisotopic (exact) mass is 370 g/mol. The molecular formula is C20H22N2O3S. The standard InChI is InChI=1S/C20H22N2O3S/c1-23-15-7-8-16(18(12-15)24-2)17-5-3-9-22(17)13-14-11-19(25-21-14)20-6-4-10-26-20/h4,6-8,10-12,17H,3,5,9,13H2,1-2H3. The molecule has 1 aliphatic heterocycles. The molecular weight excluding hydrogens is 348 g/mol. The summed E-state index contributed by atoms with van der Waals surface area (Å²) in [6, 6.07) is 12.5. The number of nitrogens with zero attached hydrogens (tertiary/aromatic N) is 2. The molecule has 1 aromatic carbocycles. The van der Waals surface area contributed by atoms with E-state index in [2.05, 4.69) is 22.2 Å². The van der Waals surface area contributed by atoms with Crippen molar-refractivity contribution >= 4 is 11.3 Å². The van der Waals surface area contributed by atoms with E-state index in [1.165, 1.54) is 5.56 Å². The molecule has 0 amide bonds. The number of aromatic nitrogens is 1. The predicted octanol–water partition coefficient (Wildman–Crippen LogP) is 4.76. The minimum Gasteiger partial charge on any atom is -0.497 e. The van der Waals surface area contributed by atoms with Crippen molar-refractivity contribution in [2.24, 2.45) is 0 Å². The van der Waals surface area contributed by atoms with Crippen LogP contribution in [0.5, 0.6) is 11.5 Å². The van der Waals surface area contributed by atoms with Crippen LogP contribution in [0.1, 0.15) is 30.1 Å². The van der Waals surface area contributed by atoms with Crippen molar-refractivity contribution in [2.45, 2.75) is 25.4 Å². The molecule has 0 radical (unpaired) electrons. The normalized spacial score (nSPS) is 17.5. The van der Waals surface area contributed by atoms with Crippen LogP contribution in [0.3, 0.4) is 0 Å². The van der Waals surface area contributed by atoms with Gasteiger partial charge in [-0.2, -0.15) is 0 Å². The molecule has 6 heteroatoms. The Morgan fingerprint density at radius 1 is 1.23 bits per heavy atom. The third-order valence-electron chi connectivity index (χ3n) is 4.85. The third kappa shape index (κ3) is 3.34. The Kier molecular flexibility index (Phi) is 4.95. The molecule has 136 valence electrons. The molecule has 1 unspecified atom stereocenters. The zero-order valence-electron chi connectivity index (χ0n) is 15.0. The molecule has 1 aliphatic rings. The molecule has 3 heterocycles. The van der Waals surface area contributed by atoms with Crippen LogP contribution < -0.4 is 9.47 Å². The highest BCUT2D eigenvalue weighted by molar-refractivity contribution is 7.13. The van der Waals surface area contributed by atoms with E-state index in [4.69, 9.17) is 14.0 Å². The summed E-state index contributed by atoms with van der Waals surface area (Å²) < 4.78 is 16.5. The maximum absolute atomic E-state index is 5.61. The Morgan fingerprint density at radius 2 is 2.15 bits per heavy atom. The Balaban J connectivity index is 1.54. The van der Waals surface area contributed by atoms with Gasteiger partial charge in [-0.05, 0) is 36.9 Å². The summed E-state index contributed by atoms with van der Waals surface area (Å²) in [4.78, 5) is 3.55.